The molecule has 0 spiro atoms. The molecule has 0 fully saturated rings. The summed E-state index contributed by atoms with van der Waals surface area (Å²) in [6.07, 6.45) is 0. The van der Waals surface area contributed by atoms with Crippen molar-refractivity contribution in [2.45, 2.75) is 6.61 Å². The first kappa shape index (κ1) is 14.0. The van der Waals surface area contributed by atoms with Crippen molar-refractivity contribution in [1.82, 2.24) is 0 Å². The van der Waals surface area contributed by atoms with E-state index in [0.717, 1.165) is 0 Å². The summed E-state index contributed by atoms with van der Waals surface area (Å²) in [6, 6.07) is 9.95. The lowest BCUT2D eigenvalue weighted by atomic mass is 10.2. The summed E-state index contributed by atoms with van der Waals surface area (Å²) in [5.41, 5.74) is 6.01. The summed E-state index contributed by atoms with van der Waals surface area (Å²) in [5.74, 6) is 1.28. The summed E-state index contributed by atoms with van der Waals surface area (Å²) in [7, 11) is 3.10. The van der Waals surface area contributed by atoms with E-state index >= 15 is 0 Å². The van der Waals surface area contributed by atoms with Gasteiger partial charge in [-0.3, -0.25) is 0 Å². The minimum absolute atomic E-state index is 0.0766. The highest BCUT2D eigenvalue weighted by molar-refractivity contribution is 5.44. The molecule has 5 heteroatoms. The molecule has 0 heterocycles. The number of benzene rings is 2. The van der Waals surface area contributed by atoms with E-state index < -0.39 is 5.82 Å². The lowest BCUT2D eigenvalue weighted by Gasteiger charge is -2.11. The normalized spacial score (nSPS) is 10.2. The average molecular weight is 277 g/mol. The Balaban J connectivity index is 2.16. The molecule has 0 atom stereocenters. The Labute approximate surface area is 116 Å². The molecular weight excluding hydrogens is 261 g/mol. The third-order valence-electron chi connectivity index (χ3n) is 2.83. The molecule has 0 unspecified atom stereocenters. The lowest BCUT2D eigenvalue weighted by Crippen LogP contribution is -2.01. The molecule has 20 heavy (non-hydrogen) atoms. The number of rotatable bonds is 5. The molecule has 2 aromatic carbocycles. The largest absolute Gasteiger partial charge is 0.496 e. The van der Waals surface area contributed by atoms with Crippen molar-refractivity contribution in [3.05, 3.63) is 47.8 Å². The van der Waals surface area contributed by atoms with Crippen LogP contribution in [0.2, 0.25) is 0 Å². The van der Waals surface area contributed by atoms with Crippen LogP contribution in [0.1, 0.15) is 5.56 Å². The highest BCUT2D eigenvalue weighted by Crippen LogP contribution is 2.28. The van der Waals surface area contributed by atoms with Gasteiger partial charge in [0.1, 0.15) is 23.9 Å². The quantitative estimate of drug-likeness (QED) is 0.854. The van der Waals surface area contributed by atoms with E-state index in [4.69, 9.17) is 19.9 Å². The molecule has 0 saturated carbocycles. The molecular formula is C15H16FNO3. The predicted octanol–water partition coefficient (Wildman–Crippen LogP) is 3.00. The number of methoxy groups -OCH3 is 2. The van der Waals surface area contributed by atoms with Crippen LogP contribution in [0.3, 0.4) is 0 Å². The van der Waals surface area contributed by atoms with Crippen molar-refractivity contribution in [1.29, 1.82) is 0 Å². The van der Waals surface area contributed by atoms with Crippen LogP contribution in [0.15, 0.2) is 36.4 Å². The van der Waals surface area contributed by atoms with E-state index in [-0.39, 0.29) is 12.3 Å². The molecule has 0 amide bonds. The fourth-order valence-electron chi connectivity index (χ4n) is 1.74. The van der Waals surface area contributed by atoms with Crippen LogP contribution < -0.4 is 19.9 Å². The maximum atomic E-state index is 13.7. The van der Waals surface area contributed by atoms with Crippen LogP contribution in [0, 0.1) is 5.82 Å². The third-order valence-corrected chi connectivity index (χ3v) is 2.83. The number of halogens is 1. The fourth-order valence-corrected chi connectivity index (χ4v) is 1.74. The molecule has 4 nitrogen and oxygen atoms in total. The van der Waals surface area contributed by atoms with Crippen LogP contribution in [0.5, 0.6) is 17.2 Å². The standard InChI is InChI=1S/C15H16FNO3/c1-18-11-6-12(19-2)8-13(7-11)20-9-10-4-3-5-14(17)15(10)16/h3-8H,9,17H2,1-2H3. The molecule has 106 valence electrons. The lowest BCUT2D eigenvalue weighted by molar-refractivity contribution is 0.295. The minimum atomic E-state index is -0.456. The second-order valence-electron chi connectivity index (χ2n) is 4.16. The molecule has 0 aliphatic heterocycles. The molecule has 2 N–H and O–H groups in total. The molecule has 0 radical (unpaired) electrons. The summed E-state index contributed by atoms with van der Waals surface area (Å²) >= 11 is 0. The highest BCUT2D eigenvalue weighted by atomic mass is 19.1. The second kappa shape index (κ2) is 6.14. The first-order valence-corrected chi connectivity index (χ1v) is 6.02. The van der Waals surface area contributed by atoms with E-state index in [1.54, 1.807) is 44.6 Å². The number of hydrogen-bond donors (Lipinski definition) is 1. The SMILES string of the molecule is COc1cc(OC)cc(OCc2cccc(N)c2F)c1. The second-order valence-corrected chi connectivity index (χ2v) is 4.16. The van der Waals surface area contributed by atoms with Crippen molar-refractivity contribution in [2.75, 3.05) is 20.0 Å². The maximum absolute atomic E-state index is 13.7. The number of hydrogen-bond acceptors (Lipinski definition) is 4. The molecule has 2 aromatic rings. The Kier molecular flexibility index (Phi) is 4.30. The van der Waals surface area contributed by atoms with Gasteiger partial charge >= 0.3 is 0 Å². The molecule has 0 aliphatic carbocycles. The molecule has 0 aromatic heterocycles. The smallest absolute Gasteiger partial charge is 0.152 e. The fraction of sp³-hybridized carbons (Fsp3) is 0.200. The number of nitrogen functional groups attached to an aromatic ring is 1. The highest BCUT2D eigenvalue weighted by Gasteiger charge is 2.07. The Morgan fingerprint density at radius 3 is 2.20 bits per heavy atom. The monoisotopic (exact) mass is 277 g/mol. The Morgan fingerprint density at radius 2 is 1.60 bits per heavy atom. The molecule has 0 aliphatic rings. The number of ether oxygens (including phenoxy) is 3. The van der Waals surface area contributed by atoms with Gasteiger partial charge in [-0.2, -0.15) is 0 Å². The third kappa shape index (κ3) is 3.12. The van der Waals surface area contributed by atoms with Crippen molar-refractivity contribution in [2.24, 2.45) is 0 Å². The van der Waals surface area contributed by atoms with Gasteiger partial charge in [-0.1, -0.05) is 12.1 Å². The number of anilines is 1. The zero-order chi connectivity index (χ0) is 14.5. The van der Waals surface area contributed by atoms with Gasteiger partial charge < -0.3 is 19.9 Å². The minimum Gasteiger partial charge on any atom is -0.496 e. The van der Waals surface area contributed by atoms with Crippen LogP contribution in [-0.2, 0) is 6.61 Å². The van der Waals surface area contributed by atoms with E-state index in [1.807, 2.05) is 0 Å². The van der Waals surface area contributed by atoms with Gasteiger partial charge in [-0.05, 0) is 6.07 Å². The Morgan fingerprint density at radius 1 is 1.00 bits per heavy atom. The van der Waals surface area contributed by atoms with Gasteiger partial charge in [0.15, 0.2) is 5.82 Å². The zero-order valence-electron chi connectivity index (χ0n) is 11.4. The Bertz CT molecular complexity index is 579. The van der Waals surface area contributed by atoms with Gasteiger partial charge in [0.05, 0.1) is 19.9 Å². The maximum Gasteiger partial charge on any atom is 0.152 e. The first-order valence-electron chi connectivity index (χ1n) is 6.02. The summed E-state index contributed by atoms with van der Waals surface area (Å²) in [6.45, 7) is 0.0766. The molecule has 2 rings (SSSR count). The summed E-state index contributed by atoms with van der Waals surface area (Å²) in [4.78, 5) is 0. The van der Waals surface area contributed by atoms with Gasteiger partial charge in [0.25, 0.3) is 0 Å². The van der Waals surface area contributed by atoms with Gasteiger partial charge in [0, 0.05) is 23.8 Å². The summed E-state index contributed by atoms with van der Waals surface area (Å²) in [5, 5.41) is 0. The van der Waals surface area contributed by atoms with Crippen molar-refractivity contribution in [3.63, 3.8) is 0 Å². The van der Waals surface area contributed by atoms with E-state index in [0.29, 0.717) is 22.8 Å². The topological polar surface area (TPSA) is 53.7 Å². The van der Waals surface area contributed by atoms with Crippen LogP contribution in [0.4, 0.5) is 10.1 Å². The predicted molar refractivity (Wildman–Crippen MR) is 74.7 cm³/mol. The molecule has 0 saturated heterocycles. The van der Waals surface area contributed by atoms with Crippen molar-refractivity contribution >= 4 is 5.69 Å². The van der Waals surface area contributed by atoms with Gasteiger partial charge in [-0.25, -0.2) is 4.39 Å². The zero-order valence-corrected chi connectivity index (χ0v) is 11.4. The van der Waals surface area contributed by atoms with E-state index in [1.165, 1.54) is 6.07 Å². The van der Waals surface area contributed by atoms with Crippen LogP contribution in [0.25, 0.3) is 0 Å². The van der Waals surface area contributed by atoms with Crippen LogP contribution >= 0.6 is 0 Å². The van der Waals surface area contributed by atoms with Crippen LogP contribution in [-0.4, -0.2) is 14.2 Å². The van der Waals surface area contributed by atoms with Crippen molar-refractivity contribution < 1.29 is 18.6 Å². The summed E-state index contributed by atoms with van der Waals surface area (Å²) < 4.78 is 29.6. The van der Waals surface area contributed by atoms with Crippen molar-refractivity contribution in [3.8, 4) is 17.2 Å². The molecule has 0 bridgehead atoms. The van der Waals surface area contributed by atoms with E-state index in [9.17, 15) is 4.39 Å². The van der Waals surface area contributed by atoms with E-state index in [2.05, 4.69) is 0 Å². The number of nitrogens with two attached hydrogens (primary N) is 1. The Hall–Kier alpha value is -2.43. The first-order chi connectivity index (χ1) is 9.63. The average Bonchev–Trinajstić information content (AvgIpc) is 2.48. The van der Waals surface area contributed by atoms with Gasteiger partial charge in [0.2, 0.25) is 0 Å². The van der Waals surface area contributed by atoms with Gasteiger partial charge in [-0.15, -0.1) is 0 Å².